The zero-order valence-corrected chi connectivity index (χ0v) is 14.1. The van der Waals surface area contributed by atoms with E-state index in [2.05, 4.69) is 18.3 Å². The van der Waals surface area contributed by atoms with E-state index in [9.17, 15) is 9.90 Å². The molecule has 0 spiro atoms. The van der Waals surface area contributed by atoms with Crippen LogP contribution < -0.4 is 0 Å². The third-order valence-corrected chi connectivity index (χ3v) is 5.93. The van der Waals surface area contributed by atoms with Crippen molar-refractivity contribution >= 4 is 5.78 Å². The van der Waals surface area contributed by atoms with Crippen molar-refractivity contribution in [2.45, 2.75) is 31.6 Å². The number of nitrogens with zero attached hydrogens (tertiary/aromatic N) is 2. The molecule has 0 aliphatic heterocycles. The molecule has 1 heterocycles. The topological polar surface area (TPSA) is 55.1 Å². The van der Waals surface area contributed by atoms with Crippen LogP contribution in [-0.2, 0) is 23.7 Å². The van der Waals surface area contributed by atoms with Crippen molar-refractivity contribution in [3.05, 3.63) is 65.2 Å². The van der Waals surface area contributed by atoms with Crippen LogP contribution >= 0.6 is 0 Å². The van der Waals surface area contributed by atoms with Crippen molar-refractivity contribution in [1.29, 1.82) is 0 Å². The van der Waals surface area contributed by atoms with Crippen molar-refractivity contribution in [1.82, 2.24) is 9.78 Å². The van der Waals surface area contributed by atoms with Gasteiger partial charge in [0, 0.05) is 30.2 Å². The minimum Gasteiger partial charge on any atom is -0.515 e. The fourth-order valence-corrected chi connectivity index (χ4v) is 4.88. The molecule has 4 rings (SSSR count). The average Bonchev–Trinajstić information content (AvgIpc) is 2.99. The van der Waals surface area contributed by atoms with E-state index in [-0.39, 0.29) is 23.0 Å². The van der Waals surface area contributed by atoms with Gasteiger partial charge < -0.3 is 5.11 Å². The minimum absolute atomic E-state index is 0.0773. The van der Waals surface area contributed by atoms with E-state index < -0.39 is 0 Å². The molecular formula is C20H22N2O2. The Morgan fingerprint density at radius 2 is 2.08 bits per heavy atom. The Morgan fingerprint density at radius 3 is 2.79 bits per heavy atom. The maximum atomic E-state index is 12.6. The number of aromatic nitrogens is 2. The summed E-state index contributed by atoms with van der Waals surface area (Å²) < 4.78 is 1.88. The van der Waals surface area contributed by atoms with Gasteiger partial charge in [0.2, 0.25) is 0 Å². The fraction of sp³-hybridized carbons (Fsp3) is 0.400. The summed E-state index contributed by atoms with van der Waals surface area (Å²) in [6.45, 7) is 2.00. The van der Waals surface area contributed by atoms with Crippen LogP contribution in [0.3, 0.4) is 0 Å². The van der Waals surface area contributed by atoms with E-state index in [1.165, 1.54) is 11.1 Å². The van der Waals surface area contributed by atoms with Gasteiger partial charge in [-0.1, -0.05) is 37.3 Å². The molecule has 3 unspecified atom stereocenters. The van der Waals surface area contributed by atoms with Gasteiger partial charge in [0.25, 0.3) is 0 Å². The lowest BCUT2D eigenvalue weighted by molar-refractivity contribution is -0.123. The molecule has 3 atom stereocenters. The molecule has 0 saturated heterocycles. The van der Waals surface area contributed by atoms with Crippen molar-refractivity contribution < 1.29 is 9.90 Å². The normalized spacial score (nSPS) is 30.9. The highest BCUT2D eigenvalue weighted by Crippen LogP contribution is 2.55. The van der Waals surface area contributed by atoms with Crippen LogP contribution in [0.1, 0.15) is 36.6 Å². The number of ketones is 1. The Kier molecular flexibility index (Phi) is 3.37. The van der Waals surface area contributed by atoms with E-state index in [4.69, 9.17) is 5.10 Å². The Hall–Kier alpha value is -2.36. The lowest BCUT2D eigenvalue weighted by atomic mass is 9.52. The highest BCUT2D eigenvalue weighted by molar-refractivity contribution is 5.98. The average molecular weight is 322 g/mol. The van der Waals surface area contributed by atoms with Crippen LogP contribution in [0.4, 0.5) is 0 Å². The van der Waals surface area contributed by atoms with E-state index >= 15 is 0 Å². The maximum absolute atomic E-state index is 12.6. The standard InChI is InChI=1S/C20H22N2O2/c1-13-17-9-8-14-11-22(2)21-19(14)20(17,10-15(12-23)18(13)24)16-6-4-3-5-7-16/h3-7,11-13,17,23H,8-10H2,1-2H3. The number of carbonyl (C=O) groups excluding carboxylic acids is 1. The van der Waals surface area contributed by atoms with Gasteiger partial charge in [-0.15, -0.1) is 0 Å². The van der Waals surface area contributed by atoms with Crippen molar-refractivity contribution in [2.75, 3.05) is 0 Å². The summed E-state index contributed by atoms with van der Waals surface area (Å²) in [7, 11) is 1.95. The number of benzene rings is 1. The SMILES string of the molecule is CC1C(=O)C(=CO)CC2(c3ccccc3)c3nn(C)cc3CCC12. The molecule has 2 aliphatic carbocycles. The summed E-state index contributed by atoms with van der Waals surface area (Å²) in [6.07, 6.45) is 5.55. The van der Waals surface area contributed by atoms with Gasteiger partial charge in [0.1, 0.15) is 0 Å². The van der Waals surface area contributed by atoms with Gasteiger partial charge in [-0.3, -0.25) is 9.48 Å². The minimum atomic E-state index is -0.335. The smallest absolute Gasteiger partial charge is 0.165 e. The number of Topliss-reactive ketones (excluding diaryl/α,β-unsaturated/α-hetero) is 1. The van der Waals surface area contributed by atoms with Crippen molar-refractivity contribution in [3.63, 3.8) is 0 Å². The molecule has 2 aromatic rings. The zero-order chi connectivity index (χ0) is 16.9. The lowest BCUT2D eigenvalue weighted by Crippen LogP contribution is -2.50. The number of fused-ring (bicyclic) bond motifs is 3. The second-order valence-corrected chi connectivity index (χ2v) is 7.14. The molecule has 4 heteroatoms. The van der Waals surface area contributed by atoms with E-state index in [1.54, 1.807) is 0 Å². The van der Waals surface area contributed by atoms with E-state index in [1.807, 2.05) is 36.9 Å². The molecule has 124 valence electrons. The number of aryl methyl sites for hydroxylation is 2. The van der Waals surface area contributed by atoms with Gasteiger partial charge in [-0.25, -0.2) is 0 Å². The molecule has 1 N–H and O–H groups in total. The number of aliphatic hydroxyl groups is 1. The highest BCUT2D eigenvalue weighted by atomic mass is 16.2. The molecule has 0 radical (unpaired) electrons. The van der Waals surface area contributed by atoms with Crippen LogP contribution in [-0.4, -0.2) is 20.7 Å². The van der Waals surface area contributed by atoms with Gasteiger partial charge in [0.05, 0.1) is 12.0 Å². The van der Waals surface area contributed by atoms with Crippen LogP contribution in [0.15, 0.2) is 48.4 Å². The van der Waals surface area contributed by atoms with Crippen LogP contribution in [0.2, 0.25) is 0 Å². The second-order valence-electron chi connectivity index (χ2n) is 7.14. The van der Waals surface area contributed by atoms with Crippen LogP contribution in [0.25, 0.3) is 0 Å². The number of rotatable bonds is 1. The third-order valence-electron chi connectivity index (χ3n) is 5.93. The molecule has 0 amide bonds. The molecule has 0 bridgehead atoms. The van der Waals surface area contributed by atoms with Crippen LogP contribution in [0, 0.1) is 11.8 Å². The summed E-state index contributed by atoms with van der Waals surface area (Å²) in [5, 5.41) is 14.5. The summed E-state index contributed by atoms with van der Waals surface area (Å²) in [5.41, 5.74) is 3.70. The number of hydrogen-bond acceptors (Lipinski definition) is 3. The van der Waals surface area contributed by atoms with Gasteiger partial charge in [0.15, 0.2) is 5.78 Å². The Bertz CT molecular complexity index is 821. The summed E-state index contributed by atoms with van der Waals surface area (Å²) >= 11 is 0. The number of aliphatic hydroxyl groups excluding tert-OH is 1. The molecule has 1 saturated carbocycles. The predicted octanol–water partition coefficient (Wildman–Crippen LogP) is 3.32. The fourth-order valence-electron chi connectivity index (χ4n) is 4.88. The molecule has 1 aromatic heterocycles. The summed E-state index contributed by atoms with van der Waals surface area (Å²) in [5.74, 6) is 0.166. The molecule has 1 fully saturated rings. The van der Waals surface area contributed by atoms with Gasteiger partial charge >= 0.3 is 0 Å². The van der Waals surface area contributed by atoms with E-state index in [0.717, 1.165) is 24.8 Å². The first-order valence-corrected chi connectivity index (χ1v) is 8.54. The number of carbonyl (C=O) groups is 1. The number of hydrogen-bond donors (Lipinski definition) is 1. The molecule has 1 aromatic carbocycles. The third kappa shape index (κ3) is 1.92. The molecule has 4 nitrogen and oxygen atoms in total. The largest absolute Gasteiger partial charge is 0.515 e. The van der Waals surface area contributed by atoms with Gasteiger partial charge in [-0.05, 0) is 36.3 Å². The van der Waals surface area contributed by atoms with Crippen molar-refractivity contribution in [2.24, 2.45) is 18.9 Å². The number of allylic oxidation sites excluding steroid dienone is 1. The first kappa shape index (κ1) is 15.2. The zero-order valence-electron chi connectivity index (χ0n) is 14.1. The van der Waals surface area contributed by atoms with Gasteiger partial charge in [-0.2, -0.15) is 5.10 Å². The first-order valence-electron chi connectivity index (χ1n) is 8.54. The molecule has 24 heavy (non-hydrogen) atoms. The Labute approximate surface area is 141 Å². The predicted molar refractivity (Wildman–Crippen MR) is 91.7 cm³/mol. The van der Waals surface area contributed by atoms with Crippen LogP contribution in [0.5, 0.6) is 0 Å². The quantitative estimate of drug-likeness (QED) is 0.647. The molecule has 2 aliphatic rings. The maximum Gasteiger partial charge on any atom is 0.165 e. The Balaban J connectivity index is 2.01. The second kappa shape index (κ2) is 5.33. The van der Waals surface area contributed by atoms with E-state index in [0.29, 0.717) is 12.0 Å². The Morgan fingerprint density at radius 1 is 1.33 bits per heavy atom. The summed E-state index contributed by atoms with van der Waals surface area (Å²) in [6, 6.07) is 10.4. The van der Waals surface area contributed by atoms with Crippen molar-refractivity contribution in [3.8, 4) is 0 Å². The lowest BCUT2D eigenvalue weighted by Gasteiger charge is -2.49. The monoisotopic (exact) mass is 322 g/mol. The summed E-state index contributed by atoms with van der Waals surface area (Å²) in [4.78, 5) is 12.6. The highest BCUT2D eigenvalue weighted by Gasteiger charge is 2.55. The molecular weight excluding hydrogens is 300 g/mol. The first-order chi connectivity index (χ1) is 11.6.